The number of aliphatic hydroxyl groups excluding tert-OH is 2. The van der Waals surface area contributed by atoms with Crippen molar-refractivity contribution >= 4 is 28.6 Å². The molecule has 0 aliphatic heterocycles. The molecule has 1 aromatic rings. The molecule has 0 aliphatic rings. The van der Waals surface area contributed by atoms with Crippen molar-refractivity contribution < 1.29 is 10.2 Å². The van der Waals surface area contributed by atoms with Gasteiger partial charge in [-0.2, -0.15) is 12.6 Å². The Morgan fingerprint density at radius 2 is 2.07 bits per heavy atom. The van der Waals surface area contributed by atoms with Crippen molar-refractivity contribution in [3.8, 4) is 0 Å². The molecule has 0 aliphatic carbocycles. The zero-order chi connectivity index (χ0) is 10.7. The fourth-order valence-electron chi connectivity index (χ4n) is 1.20. The van der Waals surface area contributed by atoms with Crippen LogP contribution in [0.25, 0.3) is 0 Å². The van der Waals surface area contributed by atoms with Gasteiger partial charge in [0.05, 0.1) is 6.10 Å². The van der Waals surface area contributed by atoms with Gasteiger partial charge < -0.3 is 10.2 Å². The summed E-state index contributed by atoms with van der Waals surface area (Å²) >= 11 is 7.27. The number of hydrogen-bond acceptors (Lipinski definition) is 3. The van der Waals surface area contributed by atoms with E-state index in [2.05, 4.69) is 28.6 Å². The molecule has 0 spiro atoms. The lowest BCUT2D eigenvalue weighted by Crippen LogP contribution is -2.20. The Balaban J connectivity index is 2.99. The summed E-state index contributed by atoms with van der Waals surface area (Å²) in [5.41, 5.74) is 1.75. The average molecular weight is 277 g/mol. The lowest BCUT2D eigenvalue weighted by molar-refractivity contribution is 0.0333. The molecule has 0 fully saturated rings. The van der Waals surface area contributed by atoms with E-state index in [1.807, 2.05) is 25.1 Å². The van der Waals surface area contributed by atoms with Gasteiger partial charge in [-0.1, -0.05) is 33.6 Å². The molecule has 0 radical (unpaired) electrons. The highest BCUT2D eigenvalue weighted by Crippen LogP contribution is 2.27. The summed E-state index contributed by atoms with van der Waals surface area (Å²) in [5, 5.41) is 19.2. The van der Waals surface area contributed by atoms with Crippen LogP contribution in [0.2, 0.25) is 0 Å². The third-order valence-corrected chi connectivity index (χ3v) is 3.12. The van der Waals surface area contributed by atoms with E-state index in [-0.39, 0.29) is 5.75 Å². The topological polar surface area (TPSA) is 40.5 Å². The predicted molar refractivity (Wildman–Crippen MR) is 63.7 cm³/mol. The molecule has 78 valence electrons. The molecule has 0 amide bonds. The second-order valence-corrected chi connectivity index (χ2v) is 4.44. The third-order valence-electron chi connectivity index (χ3n) is 2.02. The highest BCUT2D eigenvalue weighted by atomic mass is 79.9. The van der Waals surface area contributed by atoms with Gasteiger partial charge in [-0.25, -0.2) is 0 Å². The summed E-state index contributed by atoms with van der Waals surface area (Å²) in [5.74, 6) is 0.238. The van der Waals surface area contributed by atoms with E-state index in [9.17, 15) is 10.2 Å². The monoisotopic (exact) mass is 276 g/mol. The standard InChI is InChI=1S/C10H13BrO2S/c1-6-2-3-8(11)7(4-6)10(13)9(12)5-14/h2-4,9-10,12-14H,5H2,1H3. The summed E-state index contributed by atoms with van der Waals surface area (Å²) in [6.45, 7) is 1.94. The molecule has 0 heterocycles. The van der Waals surface area contributed by atoms with E-state index in [4.69, 9.17) is 0 Å². The van der Waals surface area contributed by atoms with Crippen molar-refractivity contribution in [1.29, 1.82) is 0 Å². The Labute approximate surface area is 97.5 Å². The molecule has 4 heteroatoms. The maximum atomic E-state index is 9.77. The lowest BCUT2D eigenvalue weighted by atomic mass is 10.0. The van der Waals surface area contributed by atoms with E-state index in [1.54, 1.807) is 0 Å². The first kappa shape index (κ1) is 12.0. The smallest absolute Gasteiger partial charge is 0.107 e. The van der Waals surface area contributed by atoms with Crippen LogP contribution in [0.3, 0.4) is 0 Å². The molecular formula is C10H13BrO2S. The third kappa shape index (κ3) is 2.73. The van der Waals surface area contributed by atoms with Crippen LogP contribution in [0, 0.1) is 6.92 Å². The van der Waals surface area contributed by atoms with Crippen molar-refractivity contribution in [2.45, 2.75) is 19.1 Å². The maximum absolute atomic E-state index is 9.77. The number of benzene rings is 1. The van der Waals surface area contributed by atoms with Gasteiger partial charge in [-0.05, 0) is 18.6 Å². The maximum Gasteiger partial charge on any atom is 0.107 e. The van der Waals surface area contributed by atoms with Gasteiger partial charge in [-0.3, -0.25) is 0 Å². The minimum atomic E-state index is -0.887. The molecule has 2 nitrogen and oxygen atoms in total. The second-order valence-electron chi connectivity index (χ2n) is 3.22. The number of hydrogen-bond donors (Lipinski definition) is 3. The molecule has 0 saturated heterocycles. The lowest BCUT2D eigenvalue weighted by Gasteiger charge is -2.17. The van der Waals surface area contributed by atoms with Gasteiger partial charge >= 0.3 is 0 Å². The minimum absolute atomic E-state index is 0.238. The number of aryl methyl sites for hydroxylation is 1. The molecule has 14 heavy (non-hydrogen) atoms. The normalized spacial score (nSPS) is 15.2. The molecule has 0 bridgehead atoms. The fraction of sp³-hybridized carbons (Fsp3) is 0.400. The summed E-state index contributed by atoms with van der Waals surface area (Å²) in [7, 11) is 0. The van der Waals surface area contributed by atoms with Crippen molar-refractivity contribution in [3.63, 3.8) is 0 Å². The first-order valence-corrected chi connectivity index (χ1v) is 5.72. The highest BCUT2D eigenvalue weighted by molar-refractivity contribution is 9.10. The fourth-order valence-corrected chi connectivity index (χ4v) is 1.88. The molecule has 2 N–H and O–H groups in total. The summed E-state index contributed by atoms with van der Waals surface area (Å²) in [4.78, 5) is 0. The van der Waals surface area contributed by atoms with Gasteiger partial charge in [0.2, 0.25) is 0 Å². The van der Waals surface area contributed by atoms with Crippen LogP contribution in [-0.4, -0.2) is 22.1 Å². The van der Waals surface area contributed by atoms with Crippen LogP contribution in [0.15, 0.2) is 22.7 Å². The summed E-state index contributed by atoms with van der Waals surface area (Å²) in [6.07, 6.45) is -1.72. The van der Waals surface area contributed by atoms with E-state index in [1.165, 1.54) is 0 Å². The zero-order valence-corrected chi connectivity index (χ0v) is 10.3. The Hall–Kier alpha value is -0.0300. The van der Waals surface area contributed by atoms with Gasteiger partial charge in [0.1, 0.15) is 6.10 Å². The SMILES string of the molecule is Cc1ccc(Br)c(C(O)C(O)CS)c1. The first-order chi connectivity index (χ1) is 6.56. The molecule has 0 saturated carbocycles. The van der Waals surface area contributed by atoms with Gasteiger partial charge in [0.25, 0.3) is 0 Å². The molecule has 2 atom stereocenters. The average Bonchev–Trinajstić information content (AvgIpc) is 2.19. The zero-order valence-electron chi connectivity index (χ0n) is 7.81. The Morgan fingerprint density at radius 1 is 1.43 bits per heavy atom. The number of aliphatic hydroxyl groups is 2. The number of halogens is 1. The molecule has 1 aromatic carbocycles. The van der Waals surface area contributed by atoms with E-state index < -0.39 is 12.2 Å². The van der Waals surface area contributed by atoms with Crippen LogP contribution in [-0.2, 0) is 0 Å². The van der Waals surface area contributed by atoms with Crippen molar-refractivity contribution in [2.75, 3.05) is 5.75 Å². The molecular weight excluding hydrogens is 264 g/mol. The summed E-state index contributed by atoms with van der Waals surface area (Å²) < 4.78 is 0.802. The quantitative estimate of drug-likeness (QED) is 0.740. The van der Waals surface area contributed by atoms with Gasteiger partial charge in [0.15, 0.2) is 0 Å². The van der Waals surface area contributed by atoms with E-state index >= 15 is 0 Å². The number of thiol groups is 1. The van der Waals surface area contributed by atoms with Crippen LogP contribution < -0.4 is 0 Å². The Kier molecular flexibility index (Phi) is 4.44. The predicted octanol–water partition coefficient (Wildman–Crippen LogP) is 2.08. The second kappa shape index (κ2) is 5.16. The summed E-state index contributed by atoms with van der Waals surface area (Å²) in [6, 6.07) is 5.65. The van der Waals surface area contributed by atoms with E-state index in [0.29, 0.717) is 5.56 Å². The minimum Gasteiger partial charge on any atom is -0.389 e. The van der Waals surface area contributed by atoms with Crippen molar-refractivity contribution in [2.24, 2.45) is 0 Å². The van der Waals surface area contributed by atoms with Crippen LogP contribution in [0.1, 0.15) is 17.2 Å². The van der Waals surface area contributed by atoms with Crippen LogP contribution in [0.5, 0.6) is 0 Å². The van der Waals surface area contributed by atoms with Crippen molar-refractivity contribution in [3.05, 3.63) is 33.8 Å². The largest absolute Gasteiger partial charge is 0.389 e. The Morgan fingerprint density at radius 3 is 2.64 bits per heavy atom. The molecule has 2 unspecified atom stereocenters. The van der Waals surface area contributed by atoms with Crippen LogP contribution >= 0.6 is 28.6 Å². The Bertz CT molecular complexity index is 317. The van der Waals surface area contributed by atoms with Crippen molar-refractivity contribution in [1.82, 2.24) is 0 Å². The highest BCUT2D eigenvalue weighted by Gasteiger charge is 2.19. The molecule has 1 rings (SSSR count). The van der Waals surface area contributed by atoms with Gasteiger partial charge in [0, 0.05) is 10.2 Å². The first-order valence-electron chi connectivity index (χ1n) is 4.29. The molecule has 0 aromatic heterocycles. The van der Waals surface area contributed by atoms with E-state index in [0.717, 1.165) is 10.0 Å². The van der Waals surface area contributed by atoms with Crippen LogP contribution in [0.4, 0.5) is 0 Å². The number of rotatable bonds is 3. The van der Waals surface area contributed by atoms with Gasteiger partial charge in [-0.15, -0.1) is 0 Å².